The van der Waals surface area contributed by atoms with Gasteiger partial charge in [0.2, 0.25) is 17.7 Å². The maximum absolute atomic E-state index is 13.9. The summed E-state index contributed by atoms with van der Waals surface area (Å²) in [7, 11) is 0. The van der Waals surface area contributed by atoms with Crippen LogP contribution in [0.4, 0.5) is 5.69 Å². The third kappa shape index (κ3) is 3.69. The molecule has 36 heavy (non-hydrogen) atoms. The minimum atomic E-state index is -1.07. The van der Waals surface area contributed by atoms with E-state index in [9.17, 15) is 14.4 Å². The molecule has 0 unspecified atom stereocenters. The molecule has 1 aromatic carbocycles. The molecule has 7 heteroatoms. The number of fused-ring (bicyclic) bond motifs is 1. The maximum Gasteiger partial charge on any atom is 0.246 e. The van der Waals surface area contributed by atoms with Gasteiger partial charge in [0.15, 0.2) is 0 Å². The summed E-state index contributed by atoms with van der Waals surface area (Å²) < 4.78 is 6.44. The molecule has 0 aromatic heterocycles. The van der Waals surface area contributed by atoms with Crippen molar-refractivity contribution in [2.24, 2.45) is 17.8 Å². The Balaban J connectivity index is 1.26. The largest absolute Gasteiger partial charge is 0.359 e. The number of benzene rings is 1. The number of carbonyl (C=O) groups excluding carboxylic acids is 3. The molecule has 3 amide bonds. The summed E-state index contributed by atoms with van der Waals surface area (Å²) in [6.07, 6.45) is 9.45. The SMILES string of the molecule is CC(C)c1ccc(NC(=O)[C@@H]2[C@@H]3C=C[C@]4(O3)[C@@H]2C(=O)N(C2CC2)[C@H]4C(=O)N[C@H]2CCCC[C@H]2C)cc1. The van der Waals surface area contributed by atoms with Crippen molar-refractivity contribution in [2.75, 3.05) is 5.32 Å². The van der Waals surface area contributed by atoms with Gasteiger partial charge in [-0.05, 0) is 55.2 Å². The van der Waals surface area contributed by atoms with E-state index in [4.69, 9.17) is 4.74 Å². The lowest BCUT2D eigenvalue weighted by Crippen LogP contribution is -2.57. The normalized spacial score (nSPS) is 36.9. The van der Waals surface area contributed by atoms with Crippen LogP contribution in [0.15, 0.2) is 36.4 Å². The first kappa shape index (κ1) is 23.7. The van der Waals surface area contributed by atoms with E-state index in [-0.39, 0.29) is 29.8 Å². The van der Waals surface area contributed by atoms with Gasteiger partial charge in [0.05, 0.1) is 17.9 Å². The highest BCUT2D eigenvalue weighted by Crippen LogP contribution is 2.57. The molecule has 4 fully saturated rings. The highest BCUT2D eigenvalue weighted by molar-refractivity contribution is 6.03. The Morgan fingerprint density at radius 1 is 1.06 bits per heavy atom. The van der Waals surface area contributed by atoms with Crippen LogP contribution >= 0.6 is 0 Å². The molecular weight excluding hydrogens is 454 g/mol. The Morgan fingerprint density at radius 2 is 1.78 bits per heavy atom. The quantitative estimate of drug-likeness (QED) is 0.594. The number of hydrogen-bond acceptors (Lipinski definition) is 4. The second kappa shape index (κ2) is 8.72. The molecule has 2 saturated heterocycles. The second-order valence-electron chi connectivity index (χ2n) is 11.8. The fourth-order valence-corrected chi connectivity index (χ4v) is 6.92. The molecule has 1 aromatic rings. The van der Waals surface area contributed by atoms with E-state index < -0.39 is 29.6 Å². The molecule has 7 atom stereocenters. The smallest absolute Gasteiger partial charge is 0.246 e. The summed E-state index contributed by atoms with van der Waals surface area (Å²) in [5.74, 6) is -0.979. The first-order chi connectivity index (χ1) is 17.3. The lowest BCUT2D eigenvalue weighted by atomic mass is 9.74. The number of amides is 3. The summed E-state index contributed by atoms with van der Waals surface area (Å²) in [6.45, 7) is 6.45. The minimum absolute atomic E-state index is 0.0559. The molecule has 0 radical (unpaired) electrons. The monoisotopic (exact) mass is 491 g/mol. The van der Waals surface area contributed by atoms with Gasteiger partial charge < -0.3 is 20.3 Å². The molecule has 5 aliphatic rings. The number of carbonyl (C=O) groups is 3. The molecule has 1 spiro atoms. The fourth-order valence-electron chi connectivity index (χ4n) is 6.92. The zero-order chi connectivity index (χ0) is 25.2. The number of anilines is 1. The van der Waals surface area contributed by atoms with E-state index in [0.29, 0.717) is 17.5 Å². The molecule has 7 nitrogen and oxygen atoms in total. The van der Waals surface area contributed by atoms with Crippen molar-refractivity contribution in [3.63, 3.8) is 0 Å². The zero-order valence-corrected chi connectivity index (χ0v) is 21.4. The molecule has 6 rings (SSSR count). The Morgan fingerprint density at radius 3 is 2.44 bits per heavy atom. The predicted octanol–water partition coefficient (Wildman–Crippen LogP) is 3.76. The van der Waals surface area contributed by atoms with Crippen LogP contribution in [0.5, 0.6) is 0 Å². The van der Waals surface area contributed by atoms with E-state index in [1.165, 1.54) is 12.0 Å². The van der Waals surface area contributed by atoms with Gasteiger partial charge in [-0.2, -0.15) is 0 Å². The standard InChI is InChI=1S/C29H37N3O4/c1-16(2)18-8-10-19(11-9-18)30-26(33)23-22-14-15-29(36-22)24(23)28(35)32(20-12-13-20)25(29)27(34)31-21-7-5-4-6-17(21)3/h8-11,14-17,20-25H,4-7,12-13H2,1-3H3,(H,30,33)(H,31,34)/t17-,21+,22+,23-,24+,25+,29+/m1/s1. The van der Waals surface area contributed by atoms with Crippen LogP contribution in [0.1, 0.15) is 70.8 Å². The van der Waals surface area contributed by atoms with E-state index in [1.807, 2.05) is 36.4 Å². The van der Waals surface area contributed by atoms with Crippen LogP contribution in [0.3, 0.4) is 0 Å². The summed E-state index contributed by atoms with van der Waals surface area (Å²) in [5.41, 5.74) is 0.830. The summed E-state index contributed by atoms with van der Waals surface area (Å²) in [5, 5.41) is 6.30. The van der Waals surface area contributed by atoms with Gasteiger partial charge in [-0.1, -0.05) is 57.9 Å². The lowest BCUT2D eigenvalue weighted by molar-refractivity contribution is -0.142. The van der Waals surface area contributed by atoms with E-state index in [0.717, 1.165) is 32.1 Å². The van der Waals surface area contributed by atoms with Crippen LogP contribution in [0.25, 0.3) is 0 Å². The first-order valence-electron chi connectivity index (χ1n) is 13.7. The van der Waals surface area contributed by atoms with Gasteiger partial charge >= 0.3 is 0 Å². The van der Waals surface area contributed by atoms with Gasteiger partial charge in [-0.25, -0.2) is 0 Å². The van der Waals surface area contributed by atoms with Gasteiger partial charge in [-0.15, -0.1) is 0 Å². The third-order valence-corrected chi connectivity index (χ3v) is 9.09. The molecule has 3 aliphatic heterocycles. The average Bonchev–Trinajstić information content (AvgIpc) is 3.45. The van der Waals surface area contributed by atoms with E-state index in [1.54, 1.807) is 4.90 Å². The topological polar surface area (TPSA) is 87.7 Å². The molecular formula is C29H37N3O4. The summed E-state index contributed by atoms with van der Waals surface area (Å²) >= 11 is 0. The highest BCUT2D eigenvalue weighted by atomic mass is 16.5. The number of likely N-dealkylation sites (tertiary alicyclic amines) is 1. The van der Waals surface area contributed by atoms with Gasteiger partial charge in [-0.3, -0.25) is 14.4 Å². The second-order valence-corrected chi connectivity index (χ2v) is 11.8. The Labute approximate surface area is 213 Å². The number of ether oxygens (including phenoxy) is 1. The maximum atomic E-state index is 13.9. The summed E-state index contributed by atoms with van der Waals surface area (Å²) in [6, 6.07) is 7.29. The van der Waals surface area contributed by atoms with Crippen molar-refractivity contribution in [1.82, 2.24) is 10.2 Å². The van der Waals surface area contributed by atoms with Crippen molar-refractivity contribution in [3.8, 4) is 0 Å². The van der Waals surface area contributed by atoms with Crippen molar-refractivity contribution in [1.29, 1.82) is 0 Å². The molecule has 3 heterocycles. The lowest BCUT2D eigenvalue weighted by Gasteiger charge is -2.36. The molecule has 2 bridgehead atoms. The van der Waals surface area contributed by atoms with E-state index >= 15 is 0 Å². The molecule has 2 N–H and O–H groups in total. The van der Waals surface area contributed by atoms with Crippen LogP contribution in [0, 0.1) is 17.8 Å². The Kier molecular flexibility index (Phi) is 5.74. The van der Waals surface area contributed by atoms with Crippen LogP contribution in [-0.2, 0) is 19.1 Å². The first-order valence-corrected chi connectivity index (χ1v) is 13.7. The highest BCUT2D eigenvalue weighted by Gasteiger charge is 2.74. The van der Waals surface area contributed by atoms with E-state index in [2.05, 4.69) is 31.4 Å². The van der Waals surface area contributed by atoms with Crippen molar-refractivity contribution in [3.05, 3.63) is 42.0 Å². The zero-order valence-electron chi connectivity index (χ0n) is 21.4. The number of hydrogen-bond donors (Lipinski definition) is 2. The fraction of sp³-hybridized carbons (Fsp3) is 0.621. The minimum Gasteiger partial charge on any atom is -0.359 e. The van der Waals surface area contributed by atoms with Gasteiger partial charge in [0.25, 0.3) is 0 Å². The average molecular weight is 492 g/mol. The Hall–Kier alpha value is -2.67. The van der Waals surface area contributed by atoms with Crippen molar-refractivity contribution >= 4 is 23.4 Å². The van der Waals surface area contributed by atoms with Crippen LogP contribution < -0.4 is 10.6 Å². The number of rotatable bonds is 6. The molecule has 192 valence electrons. The van der Waals surface area contributed by atoms with Gasteiger partial charge in [0.1, 0.15) is 11.6 Å². The number of nitrogens with one attached hydrogen (secondary N) is 2. The van der Waals surface area contributed by atoms with Crippen molar-refractivity contribution in [2.45, 2.75) is 95.0 Å². The molecule has 2 saturated carbocycles. The molecule has 2 aliphatic carbocycles. The predicted molar refractivity (Wildman–Crippen MR) is 136 cm³/mol. The third-order valence-electron chi connectivity index (χ3n) is 9.09. The summed E-state index contributed by atoms with van der Waals surface area (Å²) in [4.78, 5) is 43.0. The van der Waals surface area contributed by atoms with Crippen molar-refractivity contribution < 1.29 is 19.1 Å². The van der Waals surface area contributed by atoms with Crippen LogP contribution in [-0.4, -0.2) is 52.5 Å². The van der Waals surface area contributed by atoms with Crippen LogP contribution in [0.2, 0.25) is 0 Å². The Bertz CT molecular complexity index is 1090. The number of nitrogens with zero attached hydrogens (tertiary/aromatic N) is 1. The van der Waals surface area contributed by atoms with Gasteiger partial charge in [0, 0.05) is 17.8 Å².